The summed E-state index contributed by atoms with van der Waals surface area (Å²) in [6, 6.07) is 15.1. The van der Waals surface area contributed by atoms with Gasteiger partial charge in [-0.05, 0) is 35.9 Å². The number of nitrogens with two attached hydrogens (primary N) is 1. The van der Waals surface area contributed by atoms with Gasteiger partial charge in [0.15, 0.2) is 12.4 Å². The molecule has 1 heterocycles. The van der Waals surface area contributed by atoms with Gasteiger partial charge >= 0.3 is 5.97 Å². The summed E-state index contributed by atoms with van der Waals surface area (Å²) >= 11 is 0. The predicted molar refractivity (Wildman–Crippen MR) is 99.2 cm³/mol. The summed E-state index contributed by atoms with van der Waals surface area (Å²) in [5.74, 6) is -0.547. The largest absolute Gasteiger partial charge is 0.454 e. The zero-order valence-electron chi connectivity index (χ0n) is 14.2. The van der Waals surface area contributed by atoms with Gasteiger partial charge in [-0.2, -0.15) is 15.0 Å². The number of nitrogens with one attached hydrogen (secondary N) is 1. The lowest BCUT2D eigenvalue weighted by atomic mass is 10.2. The van der Waals surface area contributed by atoms with Crippen molar-refractivity contribution in [2.75, 3.05) is 11.1 Å². The summed E-state index contributed by atoms with van der Waals surface area (Å²) in [6.07, 6.45) is 2.65. The Hall–Kier alpha value is -3.81. The highest BCUT2D eigenvalue weighted by molar-refractivity contribution is 5.87. The second-order valence-electron chi connectivity index (χ2n) is 5.42. The molecule has 0 spiro atoms. The normalized spacial score (nSPS) is 10.7. The van der Waals surface area contributed by atoms with Crippen LogP contribution in [0.4, 0.5) is 22.0 Å². The molecule has 0 aliphatic carbocycles. The number of esters is 1. The van der Waals surface area contributed by atoms with E-state index in [9.17, 15) is 9.18 Å². The number of hydrogen-bond donors (Lipinski definition) is 2. The van der Waals surface area contributed by atoms with Crippen LogP contribution in [-0.2, 0) is 16.1 Å². The minimum Gasteiger partial charge on any atom is -0.454 e. The summed E-state index contributed by atoms with van der Waals surface area (Å²) < 4.78 is 18.2. The molecular weight excluding hydrogens is 349 g/mol. The molecule has 0 bridgehead atoms. The standard InChI is InChI=1S/C19H16FN5O2/c20-14-6-4-5-13(11-14)9-10-17(26)27-12-16-23-18(21)25-19(24-16)22-15-7-2-1-3-8-15/h1-11H,12H2,(H3,21,22,23,24,25)/b10-9+. The Morgan fingerprint density at radius 2 is 1.93 bits per heavy atom. The first kappa shape index (κ1) is 18.0. The van der Waals surface area contributed by atoms with Crippen molar-refractivity contribution in [3.63, 3.8) is 0 Å². The van der Waals surface area contributed by atoms with Crippen LogP contribution in [0.5, 0.6) is 0 Å². The van der Waals surface area contributed by atoms with Gasteiger partial charge in [0.2, 0.25) is 11.9 Å². The van der Waals surface area contributed by atoms with E-state index in [4.69, 9.17) is 10.5 Å². The lowest BCUT2D eigenvalue weighted by molar-refractivity contribution is -0.139. The molecule has 2 aromatic carbocycles. The summed E-state index contributed by atoms with van der Waals surface area (Å²) in [6.45, 7) is -0.178. The van der Waals surface area contributed by atoms with E-state index in [1.54, 1.807) is 12.1 Å². The fraction of sp³-hybridized carbons (Fsp3) is 0.0526. The van der Waals surface area contributed by atoms with Gasteiger partial charge in [0, 0.05) is 11.8 Å². The number of para-hydroxylation sites is 1. The Morgan fingerprint density at radius 1 is 1.11 bits per heavy atom. The first-order chi connectivity index (χ1) is 13.1. The number of rotatable bonds is 6. The first-order valence-corrected chi connectivity index (χ1v) is 8.01. The van der Waals surface area contributed by atoms with Gasteiger partial charge in [0.05, 0.1) is 0 Å². The zero-order chi connectivity index (χ0) is 19.1. The van der Waals surface area contributed by atoms with Crippen LogP contribution in [0.1, 0.15) is 11.4 Å². The molecule has 0 radical (unpaired) electrons. The van der Waals surface area contributed by atoms with Gasteiger partial charge in [0.1, 0.15) is 5.82 Å². The molecular formula is C19H16FN5O2. The molecule has 1 aromatic heterocycles. The Kier molecular flexibility index (Phi) is 5.68. The molecule has 27 heavy (non-hydrogen) atoms. The van der Waals surface area contributed by atoms with Crippen LogP contribution in [0.25, 0.3) is 6.08 Å². The molecule has 0 amide bonds. The van der Waals surface area contributed by atoms with Crippen molar-refractivity contribution < 1.29 is 13.9 Å². The van der Waals surface area contributed by atoms with E-state index in [0.29, 0.717) is 5.56 Å². The van der Waals surface area contributed by atoms with Crippen LogP contribution < -0.4 is 11.1 Å². The first-order valence-electron chi connectivity index (χ1n) is 8.01. The Labute approximate surface area is 154 Å². The Morgan fingerprint density at radius 3 is 2.70 bits per heavy atom. The van der Waals surface area contributed by atoms with Gasteiger partial charge in [-0.15, -0.1) is 0 Å². The minimum atomic E-state index is -0.615. The second kappa shape index (κ2) is 8.52. The summed E-state index contributed by atoms with van der Waals surface area (Å²) in [4.78, 5) is 23.9. The molecule has 0 fully saturated rings. The number of hydrogen-bond acceptors (Lipinski definition) is 7. The molecule has 0 saturated heterocycles. The van der Waals surface area contributed by atoms with Crippen LogP contribution in [0.15, 0.2) is 60.7 Å². The summed E-state index contributed by atoms with van der Waals surface area (Å²) in [7, 11) is 0. The number of nitrogen functional groups attached to an aromatic ring is 1. The number of nitrogens with zero attached hydrogens (tertiary/aromatic N) is 3. The van der Waals surface area contributed by atoms with Gasteiger partial charge in [0.25, 0.3) is 0 Å². The van der Waals surface area contributed by atoms with Crippen molar-refractivity contribution in [1.29, 1.82) is 0 Å². The van der Waals surface area contributed by atoms with E-state index >= 15 is 0 Å². The molecule has 136 valence electrons. The van der Waals surface area contributed by atoms with Crippen molar-refractivity contribution in [2.45, 2.75) is 6.61 Å². The second-order valence-corrected chi connectivity index (χ2v) is 5.42. The van der Waals surface area contributed by atoms with Crippen molar-refractivity contribution in [3.8, 4) is 0 Å². The van der Waals surface area contributed by atoms with E-state index in [1.165, 1.54) is 24.3 Å². The molecule has 3 N–H and O–H groups in total. The lowest BCUT2D eigenvalue weighted by Gasteiger charge is -2.07. The monoisotopic (exact) mass is 365 g/mol. The van der Waals surface area contributed by atoms with Gasteiger partial charge < -0.3 is 15.8 Å². The van der Waals surface area contributed by atoms with Gasteiger partial charge in [-0.25, -0.2) is 9.18 Å². The molecule has 0 atom stereocenters. The third kappa shape index (κ3) is 5.60. The highest BCUT2D eigenvalue weighted by atomic mass is 19.1. The van der Waals surface area contributed by atoms with Crippen LogP contribution in [-0.4, -0.2) is 20.9 Å². The maximum Gasteiger partial charge on any atom is 0.331 e. The zero-order valence-corrected chi connectivity index (χ0v) is 14.2. The number of halogens is 1. The lowest BCUT2D eigenvalue weighted by Crippen LogP contribution is -2.10. The number of ether oxygens (including phenoxy) is 1. The van der Waals surface area contributed by atoms with Crippen LogP contribution in [0.2, 0.25) is 0 Å². The maximum absolute atomic E-state index is 13.1. The fourth-order valence-corrected chi connectivity index (χ4v) is 2.17. The van der Waals surface area contributed by atoms with Crippen molar-refractivity contribution in [2.24, 2.45) is 0 Å². The molecule has 0 aliphatic heterocycles. The molecule has 0 unspecified atom stereocenters. The average Bonchev–Trinajstić information content (AvgIpc) is 2.65. The number of carbonyl (C=O) groups excluding carboxylic acids is 1. The minimum absolute atomic E-state index is 0.00443. The molecule has 3 rings (SSSR count). The molecule has 3 aromatic rings. The average molecular weight is 365 g/mol. The third-order valence-electron chi connectivity index (χ3n) is 3.33. The molecule has 0 aliphatic rings. The topological polar surface area (TPSA) is 103 Å². The maximum atomic E-state index is 13.1. The number of benzene rings is 2. The summed E-state index contributed by atoms with van der Waals surface area (Å²) in [5.41, 5.74) is 7.00. The third-order valence-corrected chi connectivity index (χ3v) is 3.33. The Bertz CT molecular complexity index is 963. The highest BCUT2D eigenvalue weighted by Crippen LogP contribution is 2.13. The van der Waals surface area contributed by atoms with E-state index in [2.05, 4.69) is 20.3 Å². The molecule has 0 saturated carbocycles. The van der Waals surface area contributed by atoms with Crippen molar-refractivity contribution >= 4 is 29.6 Å². The number of anilines is 3. The Balaban J connectivity index is 1.61. The van der Waals surface area contributed by atoms with Gasteiger partial charge in [-0.3, -0.25) is 0 Å². The van der Waals surface area contributed by atoms with E-state index in [1.807, 2.05) is 30.3 Å². The predicted octanol–water partition coefficient (Wildman–Crippen LogP) is 3.09. The summed E-state index contributed by atoms with van der Waals surface area (Å²) in [5, 5.41) is 2.99. The van der Waals surface area contributed by atoms with Crippen LogP contribution in [0.3, 0.4) is 0 Å². The SMILES string of the molecule is Nc1nc(COC(=O)/C=C/c2cccc(F)c2)nc(Nc2ccccc2)n1. The van der Waals surface area contributed by atoms with E-state index in [-0.39, 0.29) is 30.1 Å². The number of carbonyl (C=O) groups is 1. The van der Waals surface area contributed by atoms with Crippen LogP contribution >= 0.6 is 0 Å². The number of aromatic nitrogens is 3. The van der Waals surface area contributed by atoms with Crippen molar-refractivity contribution in [3.05, 3.63) is 77.9 Å². The molecule has 7 nitrogen and oxygen atoms in total. The molecule has 8 heteroatoms. The quantitative estimate of drug-likeness (QED) is 0.511. The van der Waals surface area contributed by atoms with Crippen LogP contribution in [0, 0.1) is 5.82 Å². The smallest absolute Gasteiger partial charge is 0.331 e. The van der Waals surface area contributed by atoms with E-state index in [0.717, 1.165) is 5.69 Å². The van der Waals surface area contributed by atoms with E-state index < -0.39 is 5.97 Å². The van der Waals surface area contributed by atoms with Crippen molar-refractivity contribution in [1.82, 2.24) is 15.0 Å². The van der Waals surface area contributed by atoms with Gasteiger partial charge in [-0.1, -0.05) is 30.3 Å². The fourth-order valence-electron chi connectivity index (χ4n) is 2.17. The highest BCUT2D eigenvalue weighted by Gasteiger charge is 2.07.